The maximum atomic E-state index is 10.7. The van der Waals surface area contributed by atoms with E-state index in [0.29, 0.717) is 18.7 Å². The minimum atomic E-state index is -0.320. The summed E-state index contributed by atoms with van der Waals surface area (Å²) in [6.45, 7) is 0. The van der Waals surface area contributed by atoms with E-state index < -0.39 is 0 Å². The summed E-state index contributed by atoms with van der Waals surface area (Å²) in [6, 6.07) is 0. The van der Waals surface area contributed by atoms with Gasteiger partial charge in [0.1, 0.15) is 17.0 Å². The third kappa shape index (κ3) is 2.27. The van der Waals surface area contributed by atoms with Crippen LogP contribution in [0.5, 0.6) is 0 Å². The minimum absolute atomic E-state index is 0.270. The Morgan fingerprint density at radius 1 is 1.35 bits per heavy atom. The van der Waals surface area contributed by atoms with Crippen LogP contribution in [0.4, 0.5) is 5.82 Å². The lowest BCUT2D eigenvalue weighted by atomic mass is 9.96. The first-order valence-corrected chi connectivity index (χ1v) is 7.02. The summed E-state index contributed by atoms with van der Waals surface area (Å²) < 4.78 is 0. The van der Waals surface area contributed by atoms with Gasteiger partial charge in [-0.15, -0.1) is 11.3 Å². The molecule has 20 heavy (non-hydrogen) atoms. The Labute approximate surface area is 118 Å². The standard InChI is InChI=1S/C13H12N4O2S/c14-12-11-9(6-20-13(11)16-7-15-12)5-8-1-3-10(4-2-8)17(18)19/h1,3,6-7H,2,4-5H2,(H2,14,15,16). The topological polar surface area (TPSA) is 94.9 Å². The predicted octanol–water partition coefficient (Wildman–Crippen LogP) is 2.70. The summed E-state index contributed by atoms with van der Waals surface area (Å²) >= 11 is 1.54. The normalized spacial score (nSPS) is 15.0. The second-order valence-corrected chi connectivity index (χ2v) is 5.47. The van der Waals surface area contributed by atoms with Crippen molar-refractivity contribution in [1.82, 2.24) is 9.97 Å². The molecule has 0 fully saturated rings. The molecule has 6 nitrogen and oxygen atoms in total. The fourth-order valence-corrected chi connectivity index (χ4v) is 3.22. The molecule has 0 spiro atoms. The molecule has 0 aliphatic heterocycles. The van der Waals surface area contributed by atoms with Crippen molar-refractivity contribution in [3.05, 3.63) is 50.8 Å². The lowest BCUT2D eigenvalue weighted by Crippen LogP contribution is -2.04. The van der Waals surface area contributed by atoms with Crippen molar-refractivity contribution in [2.45, 2.75) is 19.3 Å². The molecule has 2 aromatic heterocycles. The van der Waals surface area contributed by atoms with Gasteiger partial charge in [-0.2, -0.15) is 0 Å². The quantitative estimate of drug-likeness (QED) is 0.692. The molecule has 2 aromatic rings. The minimum Gasteiger partial charge on any atom is -0.383 e. The van der Waals surface area contributed by atoms with Crippen molar-refractivity contribution in [3.8, 4) is 0 Å². The predicted molar refractivity (Wildman–Crippen MR) is 77.9 cm³/mol. The molecule has 1 aliphatic rings. The number of thiophene rings is 1. The molecular formula is C13H12N4O2S. The molecule has 7 heteroatoms. The third-order valence-corrected chi connectivity index (χ3v) is 4.28. The van der Waals surface area contributed by atoms with Crippen LogP contribution in [0, 0.1) is 10.1 Å². The summed E-state index contributed by atoms with van der Waals surface area (Å²) in [5.74, 6) is 0.490. The van der Waals surface area contributed by atoms with Gasteiger partial charge < -0.3 is 5.73 Å². The maximum Gasteiger partial charge on any atom is 0.246 e. The zero-order chi connectivity index (χ0) is 14.1. The Kier molecular flexibility index (Phi) is 3.19. The summed E-state index contributed by atoms with van der Waals surface area (Å²) in [5.41, 5.74) is 8.43. The van der Waals surface area contributed by atoms with Crippen LogP contribution in [0.25, 0.3) is 10.2 Å². The summed E-state index contributed by atoms with van der Waals surface area (Å²) in [6.07, 6.45) is 6.81. The molecule has 0 radical (unpaired) electrons. The first kappa shape index (κ1) is 12.7. The molecule has 0 amide bonds. The van der Waals surface area contributed by atoms with Gasteiger partial charge in [-0.05, 0) is 23.8 Å². The molecule has 2 heterocycles. The first-order valence-electron chi connectivity index (χ1n) is 6.14. The Hall–Kier alpha value is -2.28. The zero-order valence-corrected chi connectivity index (χ0v) is 11.4. The van der Waals surface area contributed by atoms with Gasteiger partial charge in [-0.1, -0.05) is 11.6 Å². The summed E-state index contributed by atoms with van der Waals surface area (Å²) in [5, 5.41) is 13.6. The molecule has 0 bridgehead atoms. The van der Waals surface area contributed by atoms with E-state index >= 15 is 0 Å². The molecule has 0 saturated heterocycles. The van der Waals surface area contributed by atoms with Gasteiger partial charge in [0.05, 0.1) is 10.3 Å². The van der Waals surface area contributed by atoms with Crippen LogP contribution in [-0.4, -0.2) is 14.9 Å². The molecule has 0 aromatic carbocycles. The number of nitrogen functional groups attached to an aromatic ring is 1. The number of fused-ring (bicyclic) bond motifs is 1. The van der Waals surface area contributed by atoms with Crippen molar-refractivity contribution in [1.29, 1.82) is 0 Å². The molecule has 0 atom stereocenters. The van der Waals surface area contributed by atoms with Gasteiger partial charge in [0.15, 0.2) is 0 Å². The van der Waals surface area contributed by atoms with Gasteiger partial charge in [-0.25, -0.2) is 9.97 Å². The van der Waals surface area contributed by atoms with Crippen molar-refractivity contribution in [3.63, 3.8) is 0 Å². The largest absolute Gasteiger partial charge is 0.383 e. The molecular weight excluding hydrogens is 276 g/mol. The molecule has 3 rings (SSSR count). The Morgan fingerprint density at radius 2 is 2.20 bits per heavy atom. The highest BCUT2D eigenvalue weighted by Gasteiger charge is 2.17. The highest BCUT2D eigenvalue weighted by atomic mass is 32.1. The van der Waals surface area contributed by atoms with Gasteiger partial charge in [0, 0.05) is 12.5 Å². The Bertz CT molecular complexity index is 748. The van der Waals surface area contributed by atoms with Crippen LogP contribution >= 0.6 is 11.3 Å². The van der Waals surface area contributed by atoms with Gasteiger partial charge in [-0.3, -0.25) is 10.1 Å². The van der Waals surface area contributed by atoms with E-state index in [1.165, 1.54) is 11.9 Å². The maximum absolute atomic E-state index is 10.7. The Balaban J connectivity index is 1.90. The highest BCUT2D eigenvalue weighted by molar-refractivity contribution is 7.17. The van der Waals surface area contributed by atoms with Crippen LogP contribution in [0.15, 0.2) is 35.1 Å². The monoisotopic (exact) mass is 288 g/mol. The van der Waals surface area contributed by atoms with E-state index in [4.69, 9.17) is 5.73 Å². The molecule has 102 valence electrons. The average molecular weight is 288 g/mol. The lowest BCUT2D eigenvalue weighted by Gasteiger charge is -2.09. The van der Waals surface area contributed by atoms with Crippen LogP contribution < -0.4 is 5.73 Å². The van der Waals surface area contributed by atoms with Crippen LogP contribution in [0.2, 0.25) is 0 Å². The zero-order valence-electron chi connectivity index (χ0n) is 10.6. The number of nitrogens with two attached hydrogens (primary N) is 1. The van der Waals surface area contributed by atoms with Gasteiger partial charge in [0.2, 0.25) is 5.70 Å². The van der Waals surface area contributed by atoms with Crippen LogP contribution in [-0.2, 0) is 6.42 Å². The fourth-order valence-electron chi connectivity index (χ4n) is 2.30. The number of hydrogen-bond donors (Lipinski definition) is 1. The van der Waals surface area contributed by atoms with E-state index in [9.17, 15) is 10.1 Å². The molecule has 1 aliphatic carbocycles. The van der Waals surface area contributed by atoms with E-state index in [-0.39, 0.29) is 10.6 Å². The number of rotatable bonds is 3. The van der Waals surface area contributed by atoms with Gasteiger partial charge >= 0.3 is 0 Å². The van der Waals surface area contributed by atoms with E-state index in [1.807, 2.05) is 11.5 Å². The van der Waals surface area contributed by atoms with Gasteiger partial charge in [0.25, 0.3) is 0 Å². The van der Waals surface area contributed by atoms with Crippen molar-refractivity contribution in [2.24, 2.45) is 0 Å². The van der Waals surface area contributed by atoms with E-state index in [1.54, 1.807) is 17.4 Å². The molecule has 0 saturated carbocycles. The number of nitrogens with zero attached hydrogens (tertiary/aromatic N) is 3. The highest BCUT2D eigenvalue weighted by Crippen LogP contribution is 2.31. The van der Waals surface area contributed by atoms with E-state index in [0.717, 1.165) is 22.2 Å². The number of allylic oxidation sites excluding steroid dienone is 4. The van der Waals surface area contributed by atoms with Crippen LogP contribution in [0.3, 0.4) is 0 Å². The number of anilines is 1. The molecule has 0 unspecified atom stereocenters. The second kappa shape index (κ2) is 5.01. The third-order valence-electron chi connectivity index (χ3n) is 3.34. The number of nitro groups is 1. The second-order valence-electron chi connectivity index (χ2n) is 4.62. The summed E-state index contributed by atoms with van der Waals surface area (Å²) in [7, 11) is 0. The smallest absolute Gasteiger partial charge is 0.246 e. The van der Waals surface area contributed by atoms with E-state index in [2.05, 4.69) is 9.97 Å². The number of aromatic nitrogens is 2. The first-order chi connectivity index (χ1) is 9.65. The SMILES string of the molecule is Nc1ncnc2scc(CC3=CC=C([N+](=O)[O-])CC3)c12. The Morgan fingerprint density at radius 3 is 2.90 bits per heavy atom. The summed E-state index contributed by atoms with van der Waals surface area (Å²) in [4.78, 5) is 19.5. The van der Waals surface area contributed by atoms with Crippen molar-refractivity contribution in [2.75, 3.05) is 5.73 Å². The average Bonchev–Trinajstić information content (AvgIpc) is 2.84. The van der Waals surface area contributed by atoms with Crippen molar-refractivity contribution >= 4 is 27.4 Å². The number of hydrogen-bond acceptors (Lipinski definition) is 6. The fraction of sp³-hybridized carbons (Fsp3) is 0.231. The van der Waals surface area contributed by atoms with Crippen LogP contribution in [0.1, 0.15) is 18.4 Å². The van der Waals surface area contributed by atoms with Crippen molar-refractivity contribution < 1.29 is 4.92 Å². The lowest BCUT2D eigenvalue weighted by molar-refractivity contribution is -0.428. The molecule has 2 N–H and O–H groups in total.